The quantitative estimate of drug-likeness (QED) is 0.561. The largest absolute Gasteiger partial charge is 0.382 e. The first kappa shape index (κ1) is 15.9. The number of hydrogen-bond donors (Lipinski definition) is 1. The van der Waals surface area contributed by atoms with Gasteiger partial charge in [0.05, 0.1) is 46.2 Å². The van der Waals surface area contributed by atoms with Crippen LogP contribution in [0.2, 0.25) is 0 Å². The third kappa shape index (κ3) is 7.28. The van der Waals surface area contributed by atoms with Gasteiger partial charge in [0.1, 0.15) is 0 Å². The van der Waals surface area contributed by atoms with Crippen molar-refractivity contribution in [3.8, 4) is 0 Å². The standard InChI is InChI=1S/C13H27NO4/c1-15-6-7-16-8-9-17-10-11-18-12-13(14)4-2-3-5-13/h2-12,14H2,1H3. The van der Waals surface area contributed by atoms with Crippen molar-refractivity contribution in [1.82, 2.24) is 0 Å². The molecule has 5 heteroatoms. The van der Waals surface area contributed by atoms with E-state index >= 15 is 0 Å². The van der Waals surface area contributed by atoms with Crippen molar-refractivity contribution in [3.05, 3.63) is 0 Å². The number of rotatable bonds is 11. The predicted molar refractivity (Wildman–Crippen MR) is 69.7 cm³/mol. The minimum absolute atomic E-state index is 0.0801. The van der Waals surface area contributed by atoms with Crippen LogP contribution in [0, 0.1) is 0 Å². The van der Waals surface area contributed by atoms with Crippen LogP contribution in [0.15, 0.2) is 0 Å². The maximum atomic E-state index is 6.17. The van der Waals surface area contributed by atoms with E-state index in [9.17, 15) is 0 Å². The Morgan fingerprint density at radius 3 is 1.89 bits per heavy atom. The lowest BCUT2D eigenvalue weighted by Gasteiger charge is -2.23. The SMILES string of the molecule is COCCOCCOCCOCC1(N)CCCC1. The van der Waals surface area contributed by atoms with Gasteiger partial charge in [-0.3, -0.25) is 0 Å². The van der Waals surface area contributed by atoms with E-state index in [0.29, 0.717) is 46.2 Å². The van der Waals surface area contributed by atoms with Crippen molar-refractivity contribution in [3.63, 3.8) is 0 Å². The van der Waals surface area contributed by atoms with Gasteiger partial charge in [-0.1, -0.05) is 12.8 Å². The van der Waals surface area contributed by atoms with Crippen LogP contribution in [-0.2, 0) is 18.9 Å². The first-order valence-electron chi connectivity index (χ1n) is 6.78. The molecule has 0 saturated heterocycles. The maximum absolute atomic E-state index is 6.17. The van der Waals surface area contributed by atoms with Crippen molar-refractivity contribution in [2.24, 2.45) is 5.73 Å². The molecule has 1 aliphatic carbocycles. The Labute approximate surface area is 110 Å². The number of hydrogen-bond acceptors (Lipinski definition) is 5. The average Bonchev–Trinajstić information content (AvgIpc) is 2.79. The molecule has 1 saturated carbocycles. The van der Waals surface area contributed by atoms with Crippen LogP contribution in [-0.4, -0.2) is 58.9 Å². The monoisotopic (exact) mass is 261 g/mol. The topological polar surface area (TPSA) is 62.9 Å². The van der Waals surface area contributed by atoms with Crippen LogP contribution in [0.5, 0.6) is 0 Å². The van der Waals surface area contributed by atoms with Gasteiger partial charge >= 0.3 is 0 Å². The van der Waals surface area contributed by atoms with E-state index in [-0.39, 0.29) is 5.54 Å². The Kier molecular flexibility index (Phi) is 8.54. The Bertz CT molecular complexity index is 195. The number of methoxy groups -OCH3 is 1. The molecule has 0 heterocycles. The van der Waals surface area contributed by atoms with E-state index < -0.39 is 0 Å². The van der Waals surface area contributed by atoms with E-state index in [0.717, 1.165) is 12.8 Å². The molecule has 0 atom stereocenters. The molecule has 0 aromatic rings. The minimum atomic E-state index is -0.0801. The van der Waals surface area contributed by atoms with Crippen LogP contribution >= 0.6 is 0 Å². The van der Waals surface area contributed by atoms with E-state index in [4.69, 9.17) is 24.7 Å². The summed E-state index contributed by atoms with van der Waals surface area (Å²) in [6, 6.07) is 0. The average molecular weight is 261 g/mol. The van der Waals surface area contributed by atoms with Crippen LogP contribution in [0.25, 0.3) is 0 Å². The molecule has 0 radical (unpaired) electrons. The van der Waals surface area contributed by atoms with E-state index in [1.807, 2.05) is 0 Å². The highest BCUT2D eigenvalue weighted by Crippen LogP contribution is 2.27. The maximum Gasteiger partial charge on any atom is 0.0701 e. The molecular formula is C13H27NO4. The third-order valence-corrected chi connectivity index (χ3v) is 3.16. The summed E-state index contributed by atoms with van der Waals surface area (Å²) < 4.78 is 21.1. The van der Waals surface area contributed by atoms with Crippen LogP contribution < -0.4 is 5.73 Å². The molecule has 1 aliphatic rings. The summed E-state index contributed by atoms with van der Waals surface area (Å²) in [6.07, 6.45) is 4.63. The summed E-state index contributed by atoms with van der Waals surface area (Å²) in [5.41, 5.74) is 6.09. The summed E-state index contributed by atoms with van der Waals surface area (Å²) >= 11 is 0. The summed E-state index contributed by atoms with van der Waals surface area (Å²) in [5, 5.41) is 0. The van der Waals surface area contributed by atoms with Crippen molar-refractivity contribution in [1.29, 1.82) is 0 Å². The predicted octanol–water partition coefficient (Wildman–Crippen LogP) is 0.954. The smallest absolute Gasteiger partial charge is 0.0701 e. The second kappa shape index (κ2) is 9.69. The van der Waals surface area contributed by atoms with Gasteiger partial charge in [-0.15, -0.1) is 0 Å². The molecule has 2 N–H and O–H groups in total. The van der Waals surface area contributed by atoms with Gasteiger partial charge in [-0.25, -0.2) is 0 Å². The van der Waals surface area contributed by atoms with Crippen LogP contribution in [0.1, 0.15) is 25.7 Å². The molecule has 18 heavy (non-hydrogen) atoms. The fourth-order valence-electron chi connectivity index (χ4n) is 2.08. The molecule has 1 rings (SSSR count). The van der Waals surface area contributed by atoms with Gasteiger partial charge in [0, 0.05) is 12.6 Å². The molecule has 0 aromatic heterocycles. The van der Waals surface area contributed by atoms with E-state index in [1.165, 1.54) is 12.8 Å². The molecule has 0 amide bonds. The molecule has 0 bridgehead atoms. The molecule has 0 spiro atoms. The third-order valence-electron chi connectivity index (χ3n) is 3.16. The zero-order valence-electron chi connectivity index (χ0n) is 11.5. The second-order valence-electron chi connectivity index (χ2n) is 4.84. The molecule has 108 valence electrons. The zero-order valence-corrected chi connectivity index (χ0v) is 11.5. The highest BCUT2D eigenvalue weighted by Gasteiger charge is 2.29. The molecule has 0 aromatic carbocycles. The number of nitrogens with two attached hydrogens (primary N) is 1. The highest BCUT2D eigenvalue weighted by molar-refractivity contribution is 4.88. The molecule has 0 unspecified atom stereocenters. The fourth-order valence-corrected chi connectivity index (χ4v) is 2.08. The van der Waals surface area contributed by atoms with Crippen molar-refractivity contribution in [2.45, 2.75) is 31.2 Å². The van der Waals surface area contributed by atoms with Crippen molar-refractivity contribution < 1.29 is 18.9 Å². The van der Waals surface area contributed by atoms with Crippen molar-refractivity contribution in [2.75, 3.05) is 53.4 Å². The first-order valence-corrected chi connectivity index (χ1v) is 6.78. The zero-order chi connectivity index (χ0) is 13.1. The van der Waals surface area contributed by atoms with Crippen LogP contribution in [0.4, 0.5) is 0 Å². The molecule has 1 fully saturated rings. The van der Waals surface area contributed by atoms with Gasteiger partial charge in [-0.05, 0) is 12.8 Å². The minimum Gasteiger partial charge on any atom is -0.382 e. The van der Waals surface area contributed by atoms with Gasteiger partial charge in [0.25, 0.3) is 0 Å². The van der Waals surface area contributed by atoms with Crippen molar-refractivity contribution >= 4 is 0 Å². The van der Waals surface area contributed by atoms with Gasteiger partial charge < -0.3 is 24.7 Å². The van der Waals surface area contributed by atoms with E-state index in [2.05, 4.69) is 0 Å². The summed E-state index contributed by atoms with van der Waals surface area (Å²) in [7, 11) is 1.66. The first-order chi connectivity index (χ1) is 8.77. The molecule has 0 aliphatic heterocycles. The van der Waals surface area contributed by atoms with Gasteiger partial charge in [0.15, 0.2) is 0 Å². The lowest BCUT2D eigenvalue weighted by Crippen LogP contribution is -2.41. The molecule has 5 nitrogen and oxygen atoms in total. The van der Waals surface area contributed by atoms with E-state index in [1.54, 1.807) is 7.11 Å². The Hall–Kier alpha value is -0.200. The summed E-state index contributed by atoms with van der Waals surface area (Å²) in [4.78, 5) is 0. The summed E-state index contributed by atoms with van der Waals surface area (Å²) in [5.74, 6) is 0. The van der Waals surface area contributed by atoms with Gasteiger partial charge in [0.2, 0.25) is 0 Å². The summed E-state index contributed by atoms with van der Waals surface area (Å²) in [6.45, 7) is 4.31. The Morgan fingerprint density at radius 1 is 0.833 bits per heavy atom. The Balaban J connectivity index is 1.78. The number of ether oxygens (including phenoxy) is 4. The molecular weight excluding hydrogens is 234 g/mol. The second-order valence-corrected chi connectivity index (χ2v) is 4.84. The van der Waals surface area contributed by atoms with Gasteiger partial charge in [-0.2, -0.15) is 0 Å². The fraction of sp³-hybridized carbons (Fsp3) is 1.00. The highest BCUT2D eigenvalue weighted by atomic mass is 16.6. The normalized spacial score (nSPS) is 18.3. The van der Waals surface area contributed by atoms with Crippen LogP contribution in [0.3, 0.4) is 0 Å². The lowest BCUT2D eigenvalue weighted by atomic mass is 10.0. The Morgan fingerprint density at radius 2 is 1.33 bits per heavy atom. The lowest BCUT2D eigenvalue weighted by molar-refractivity contribution is -0.00351.